The highest BCUT2D eigenvalue weighted by Gasteiger charge is 2.29. The third kappa shape index (κ3) is 4.41. The van der Waals surface area contributed by atoms with Crippen LogP contribution in [0.4, 0.5) is 0 Å². The minimum atomic E-state index is -0.0699. The second-order valence-corrected chi connectivity index (χ2v) is 7.72. The number of rotatable bonds is 5. The second-order valence-electron chi connectivity index (χ2n) is 7.72. The summed E-state index contributed by atoms with van der Waals surface area (Å²) < 4.78 is 18.1. The Hall–Kier alpha value is -3.32. The van der Waals surface area contributed by atoms with Gasteiger partial charge in [0.25, 0.3) is 5.91 Å². The van der Waals surface area contributed by atoms with Crippen molar-refractivity contribution in [2.45, 2.75) is 26.1 Å². The predicted octanol–water partition coefficient (Wildman–Crippen LogP) is 3.81. The fourth-order valence-corrected chi connectivity index (χ4v) is 3.88. The molecule has 0 bridgehead atoms. The van der Waals surface area contributed by atoms with Crippen LogP contribution in [0.3, 0.4) is 0 Å². The van der Waals surface area contributed by atoms with E-state index in [4.69, 9.17) is 19.3 Å². The van der Waals surface area contributed by atoms with Gasteiger partial charge in [0, 0.05) is 18.7 Å². The van der Waals surface area contributed by atoms with Crippen LogP contribution in [-0.4, -0.2) is 60.1 Å². The number of benzene rings is 2. The molecule has 7 nitrogen and oxygen atoms in total. The predicted molar refractivity (Wildman–Crippen MR) is 118 cm³/mol. The first-order valence-electron chi connectivity index (χ1n) is 10.3. The highest BCUT2D eigenvalue weighted by molar-refractivity contribution is 5.94. The largest absolute Gasteiger partial charge is 0.497 e. The highest BCUT2D eigenvalue weighted by Crippen LogP contribution is 2.27. The molecule has 2 atom stereocenters. The van der Waals surface area contributed by atoms with Gasteiger partial charge in [-0.15, -0.1) is 0 Å². The van der Waals surface area contributed by atoms with Gasteiger partial charge < -0.3 is 19.1 Å². The third-order valence-electron chi connectivity index (χ3n) is 5.32. The summed E-state index contributed by atoms with van der Waals surface area (Å²) in [7, 11) is 3.25. The van der Waals surface area contributed by atoms with E-state index in [9.17, 15) is 4.79 Å². The second kappa shape index (κ2) is 8.81. The Morgan fingerprint density at radius 3 is 2.29 bits per heavy atom. The summed E-state index contributed by atoms with van der Waals surface area (Å²) in [5.74, 6) is 1.41. The molecular weight excluding hydrogens is 394 g/mol. The maximum absolute atomic E-state index is 13.5. The van der Waals surface area contributed by atoms with Crippen LogP contribution in [0.1, 0.15) is 24.3 Å². The van der Waals surface area contributed by atoms with E-state index in [1.165, 1.54) is 0 Å². The van der Waals surface area contributed by atoms with Crippen LogP contribution in [0.15, 0.2) is 54.6 Å². The van der Waals surface area contributed by atoms with Gasteiger partial charge in [-0.25, -0.2) is 4.68 Å². The molecule has 0 saturated carbocycles. The Labute approximate surface area is 182 Å². The molecule has 3 aromatic rings. The van der Waals surface area contributed by atoms with Gasteiger partial charge in [-0.05, 0) is 56.3 Å². The number of nitrogens with zero attached hydrogens (tertiary/aromatic N) is 3. The number of morpholine rings is 1. The van der Waals surface area contributed by atoms with Crippen LogP contribution in [0, 0.1) is 0 Å². The molecule has 7 heteroatoms. The van der Waals surface area contributed by atoms with Crippen LogP contribution in [0.25, 0.3) is 16.9 Å². The van der Waals surface area contributed by atoms with Gasteiger partial charge in [-0.1, -0.05) is 12.1 Å². The zero-order chi connectivity index (χ0) is 22.0. The van der Waals surface area contributed by atoms with Gasteiger partial charge in [-0.3, -0.25) is 4.79 Å². The molecular formula is C24H27N3O4. The first kappa shape index (κ1) is 20.9. The number of hydrogen-bond donors (Lipinski definition) is 0. The monoisotopic (exact) mass is 421 g/mol. The molecule has 0 unspecified atom stereocenters. The summed E-state index contributed by atoms with van der Waals surface area (Å²) in [6.07, 6.45) is -0.0224. The Bertz CT molecular complexity index is 1050. The smallest absolute Gasteiger partial charge is 0.272 e. The average Bonchev–Trinajstić information content (AvgIpc) is 3.23. The first-order valence-corrected chi connectivity index (χ1v) is 10.3. The number of amides is 1. The molecule has 2 heterocycles. The summed E-state index contributed by atoms with van der Waals surface area (Å²) in [5, 5.41) is 4.78. The summed E-state index contributed by atoms with van der Waals surface area (Å²) in [4.78, 5) is 15.4. The van der Waals surface area contributed by atoms with Crippen LogP contribution < -0.4 is 9.47 Å². The van der Waals surface area contributed by atoms with Gasteiger partial charge in [0.15, 0.2) is 0 Å². The van der Waals surface area contributed by atoms with E-state index in [0.717, 1.165) is 22.7 Å². The van der Waals surface area contributed by atoms with Crippen molar-refractivity contribution in [1.29, 1.82) is 0 Å². The molecule has 0 N–H and O–H groups in total. The SMILES string of the molecule is COc1ccc(-n2nc(-c3cccc(OC)c3)cc2C(=O)N2C[C@H](C)O[C@@H](C)C2)cc1. The Morgan fingerprint density at radius 1 is 0.968 bits per heavy atom. The van der Waals surface area contributed by atoms with E-state index in [-0.39, 0.29) is 18.1 Å². The van der Waals surface area contributed by atoms with Crippen molar-refractivity contribution < 1.29 is 19.0 Å². The fourth-order valence-electron chi connectivity index (χ4n) is 3.88. The van der Waals surface area contributed by atoms with Crippen molar-refractivity contribution in [3.05, 3.63) is 60.3 Å². The summed E-state index contributed by atoms with van der Waals surface area (Å²) in [5.41, 5.74) is 2.87. The molecule has 0 radical (unpaired) electrons. The van der Waals surface area contributed by atoms with Crippen molar-refractivity contribution in [2.75, 3.05) is 27.3 Å². The minimum absolute atomic E-state index is 0.0112. The maximum atomic E-state index is 13.5. The molecule has 2 aromatic carbocycles. The van der Waals surface area contributed by atoms with Gasteiger partial charge in [0.2, 0.25) is 0 Å². The van der Waals surface area contributed by atoms with Crippen molar-refractivity contribution in [3.63, 3.8) is 0 Å². The number of carbonyl (C=O) groups excluding carboxylic acids is 1. The zero-order valence-electron chi connectivity index (χ0n) is 18.2. The Morgan fingerprint density at radius 2 is 1.65 bits per heavy atom. The average molecular weight is 421 g/mol. The number of hydrogen-bond acceptors (Lipinski definition) is 5. The lowest BCUT2D eigenvalue weighted by Crippen LogP contribution is -2.48. The molecule has 1 aromatic heterocycles. The topological polar surface area (TPSA) is 65.8 Å². The van der Waals surface area contributed by atoms with E-state index in [1.807, 2.05) is 73.3 Å². The Balaban J connectivity index is 1.77. The lowest BCUT2D eigenvalue weighted by Gasteiger charge is -2.35. The maximum Gasteiger partial charge on any atom is 0.272 e. The molecule has 1 aliphatic rings. The summed E-state index contributed by atoms with van der Waals surface area (Å²) >= 11 is 0. The molecule has 162 valence electrons. The van der Waals surface area contributed by atoms with E-state index >= 15 is 0 Å². The minimum Gasteiger partial charge on any atom is -0.497 e. The Kier molecular flexibility index (Phi) is 5.95. The summed E-state index contributed by atoms with van der Waals surface area (Å²) in [6.45, 7) is 5.06. The number of methoxy groups -OCH3 is 2. The molecule has 0 spiro atoms. The van der Waals surface area contributed by atoms with Gasteiger partial charge in [-0.2, -0.15) is 5.10 Å². The van der Waals surface area contributed by atoms with Crippen LogP contribution in [0.5, 0.6) is 11.5 Å². The van der Waals surface area contributed by atoms with Crippen molar-refractivity contribution in [2.24, 2.45) is 0 Å². The van der Waals surface area contributed by atoms with Gasteiger partial charge in [0.05, 0.1) is 37.8 Å². The van der Waals surface area contributed by atoms with Crippen molar-refractivity contribution >= 4 is 5.91 Å². The normalized spacial score (nSPS) is 18.6. The van der Waals surface area contributed by atoms with E-state index < -0.39 is 0 Å². The van der Waals surface area contributed by atoms with Crippen LogP contribution in [-0.2, 0) is 4.74 Å². The molecule has 0 aliphatic carbocycles. The summed E-state index contributed by atoms with van der Waals surface area (Å²) in [6, 6.07) is 17.0. The molecule has 4 rings (SSSR count). The number of carbonyl (C=O) groups is 1. The van der Waals surface area contributed by atoms with E-state index in [1.54, 1.807) is 18.9 Å². The van der Waals surface area contributed by atoms with Crippen LogP contribution >= 0.6 is 0 Å². The fraction of sp³-hybridized carbons (Fsp3) is 0.333. The van der Waals surface area contributed by atoms with Crippen molar-refractivity contribution in [1.82, 2.24) is 14.7 Å². The molecule has 31 heavy (non-hydrogen) atoms. The molecule has 1 aliphatic heterocycles. The highest BCUT2D eigenvalue weighted by atomic mass is 16.5. The molecule has 1 fully saturated rings. The van der Waals surface area contributed by atoms with E-state index in [0.29, 0.717) is 24.5 Å². The zero-order valence-corrected chi connectivity index (χ0v) is 18.2. The third-order valence-corrected chi connectivity index (χ3v) is 5.32. The lowest BCUT2D eigenvalue weighted by atomic mass is 10.1. The molecule has 1 amide bonds. The number of ether oxygens (including phenoxy) is 3. The lowest BCUT2D eigenvalue weighted by molar-refractivity contribution is -0.0588. The van der Waals surface area contributed by atoms with Crippen LogP contribution in [0.2, 0.25) is 0 Å². The van der Waals surface area contributed by atoms with Gasteiger partial charge >= 0.3 is 0 Å². The standard InChI is InChI=1S/C24H27N3O4/c1-16-14-26(15-17(2)31-16)24(28)23-13-22(18-6-5-7-21(12-18)30-4)25-27(23)19-8-10-20(29-3)11-9-19/h5-13,16-17H,14-15H2,1-4H3/t16-,17-/m0/s1. The van der Waals surface area contributed by atoms with E-state index in [2.05, 4.69) is 0 Å². The number of aromatic nitrogens is 2. The first-order chi connectivity index (χ1) is 15.0. The van der Waals surface area contributed by atoms with Crippen molar-refractivity contribution in [3.8, 4) is 28.4 Å². The molecule has 1 saturated heterocycles. The van der Waals surface area contributed by atoms with Gasteiger partial charge in [0.1, 0.15) is 17.2 Å². The quantitative estimate of drug-likeness (QED) is 0.627.